The third-order valence-electron chi connectivity index (χ3n) is 4.39. The second-order valence-corrected chi connectivity index (χ2v) is 6.94. The highest BCUT2D eigenvalue weighted by Gasteiger charge is 2.20. The molecule has 2 rings (SSSR count). The zero-order valence-electron chi connectivity index (χ0n) is 15.6. The van der Waals surface area contributed by atoms with Crippen molar-refractivity contribution in [3.63, 3.8) is 0 Å². The van der Waals surface area contributed by atoms with Crippen LogP contribution in [0.15, 0.2) is 48.8 Å². The molecule has 0 radical (unpaired) electrons. The van der Waals surface area contributed by atoms with E-state index in [0.717, 1.165) is 30.3 Å². The fourth-order valence-corrected chi connectivity index (χ4v) is 3.12. The number of anilines is 1. The summed E-state index contributed by atoms with van der Waals surface area (Å²) in [6.07, 6.45) is 4.70. The average Bonchev–Trinajstić information content (AvgIpc) is 2.62. The van der Waals surface area contributed by atoms with Crippen molar-refractivity contribution < 1.29 is 4.90 Å². The molecule has 0 bridgehead atoms. The van der Waals surface area contributed by atoms with Gasteiger partial charge < -0.3 is 15.1 Å². The smallest absolute Gasteiger partial charge is 0.174 e. The van der Waals surface area contributed by atoms with Gasteiger partial charge in [-0.2, -0.15) is 0 Å². The van der Waals surface area contributed by atoms with E-state index in [9.17, 15) is 0 Å². The Hall–Kier alpha value is -1.98. The van der Waals surface area contributed by atoms with Crippen molar-refractivity contribution in [3.8, 4) is 0 Å². The Morgan fingerprint density at radius 2 is 2.00 bits per heavy atom. The first-order valence-electron chi connectivity index (χ1n) is 8.87. The fraction of sp³-hybridized carbons (Fsp3) is 0.400. The third kappa shape index (κ3) is 5.51. The van der Waals surface area contributed by atoms with Crippen LogP contribution in [0.2, 0.25) is 0 Å². The van der Waals surface area contributed by atoms with Gasteiger partial charge in [0.2, 0.25) is 0 Å². The standard InChI is InChI=1S/C20H28N4S/c1-5-17-9-6-7-11-19(17)22-20(25)24(14-13-23(3)4)16(2)18-10-8-12-21-15-18/h6-12,15-16H,5,13-14H2,1-4H3,(H,22,25)/p+1. The van der Waals surface area contributed by atoms with E-state index in [1.165, 1.54) is 16.0 Å². The van der Waals surface area contributed by atoms with Gasteiger partial charge in [-0.3, -0.25) is 4.98 Å². The highest BCUT2D eigenvalue weighted by atomic mass is 32.1. The normalized spacial score (nSPS) is 12.0. The maximum absolute atomic E-state index is 5.78. The predicted octanol–water partition coefficient (Wildman–Crippen LogP) is 2.55. The SMILES string of the molecule is CCc1ccccc1NC(=S)N(CC[NH+](C)C)C(C)c1cccnc1. The van der Waals surface area contributed by atoms with Crippen molar-refractivity contribution in [1.82, 2.24) is 9.88 Å². The van der Waals surface area contributed by atoms with Gasteiger partial charge in [0.1, 0.15) is 0 Å². The number of rotatable bonds is 7. The van der Waals surface area contributed by atoms with E-state index in [1.54, 1.807) is 6.20 Å². The molecule has 1 atom stereocenters. The van der Waals surface area contributed by atoms with Gasteiger partial charge in [0.25, 0.3) is 0 Å². The maximum atomic E-state index is 5.78. The van der Waals surface area contributed by atoms with Crippen LogP contribution in [0, 0.1) is 0 Å². The lowest BCUT2D eigenvalue weighted by molar-refractivity contribution is -0.857. The average molecular weight is 358 g/mol. The Morgan fingerprint density at radius 3 is 2.64 bits per heavy atom. The lowest BCUT2D eigenvalue weighted by Crippen LogP contribution is -3.06. The first kappa shape index (κ1) is 19.3. The minimum absolute atomic E-state index is 0.168. The summed E-state index contributed by atoms with van der Waals surface area (Å²) < 4.78 is 0. The highest BCUT2D eigenvalue weighted by Crippen LogP contribution is 2.22. The maximum Gasteiger partial charge on any atom is 0.174 e. The summed E-state index contributed by atoms with van der Waals surface area (Å²) in [6, 6.07) is 12.6. The van der Waals surface area contributed by atoms with Crippen LogP contribution in [0.1, 0.15) is 31.0 Å². The molecule has 0 aliphatic carbocycles. The van der Waals surface area contributed by atoms with Gasteiger partial charge in [-0.05, 0) is 48.8 Å². The second-order valence-electron chi connectivity index (χ2n) is 6.55. The van der Waals surface area contributed by atoms with E-state index >= 15 is 0 Å². The topological polar surface area (TPSA) is 32.6 Å². The van der Waals surface area contributed by atoms with Crippen molar-refractivity contribution in [2.75, 3.05) is 32.5 Å². The van der Waals surface area contributed by atoms with Crippen LogP contribution in [0.25, 0.3) is 0 Å². The van der Waals surface area contributed by atoms with Crippen LogP contribution in [-0.4, -0.2) is 42.2 Å². The van der Waals surface area contributed by atoms with Crippen molar-refractivity contribution in [1.29, 1.82) is 0 Å². The molecule has 134 valence electrons. The van der Waals surface area contributed by atoms with E-state index in [-0.39, 0.29) is 6.04 Å². The lowest BCUT2D eigenvalue weighted by Gasteiger charge is -2.32. The summed E-state index contributed by atoms with van der Waals surface area (Å²) >= 11 is 5.78. The molecule has 0 spiro atoms. The van der Waals surface area contributed by atoms with Crippen LogP contribution >= 0.6 is 12.2 Å². The molecule has 0 aliphatic rings. The Bertz CT molecular complexity index is 672. The third-order valence-corrected chi connectivity index (χ3v) is 4.72. The van der Waals surface area contributed by atoms with Crippen LogP contribution in [-0.2, 0) is 6.42 Å². The number of likely N-dealkylation sites (N-methyl/N-ethyl adjacent to an activating group) is 1. The molecule has 0 aliphatic heterocycles. The molecule has 5 heteroatoms. The number of aryl methyl sites for hydroxylation is 1. The van der Waals surface area contributed by atoms with Gasteiger partial charge in [-0.1, -0.05) is 31.2 Å². The Morgan fingerprint density at radius 1 is 1.24 bits per heavy atom. The van der Waals surface area contributed by atoms with Gasteiger partial charge in [-0.15, -0.1) is 0 Å². The van der Waals surface area contributed by atoms with Crippen LogP contribution in [0.5, 0.6) is 0 Å². The predicted molar refractivity (Wildman–Crippen MR) is 109 cm³/mol. The number of para-hydroxylation sites is 1. The minimum atomic E-state index is 0.168. The largest absolute Gasteiger partial charge is 0.338 e. The molecular weight excluding hydrogens is 328 g/mol. The molecule has 0 amide bonds. The Balaban J connectivity index is 2.20. The summed E-state index contributed by atoms with van der Waals surface area (Å²) in [4.78, 5) is 7.92. The molecular formula is C20H29N4S+. The first-order valence-corrected chi connectivity index (χ1v) is 9.28. The Labute approximate surface area is 156 Å². The van der Waals surface area contributed by atoms with Gasteiger partial charge in [0.05, 0.1) is 33.2 Å². The summed E-state index contributed by atoms with van der Waals surface area (Å²) in [5, 5.41) is 4.23. The number of pyridine rings is 1. The summed E-state index contributed by atoms with van der Waals surface area (Å²) in [6.45, 7) is 6.25. The fourth-order valence-electron chi connectivity index (χ4n) is 2.76. The molecule has 0 fully saturated rings. The van der Waals surface area contributed by atoms with Crippen molar-refractivity contribution in [2.24, 2.45) is 0 Å². The van der Waals surface area contributed by atoms with Crippen molar-refractivity contribution in [2.45, 2.75) is 26.3 Å². The molecule has 2 aromatic rings. The van der Waals surface area contributed by atoms with Gasteiger partial charge in [0, 0.05) is 18.1 Å². The molecule has 4 nitrogen and oxygen atoms in total. The lowest BCUT2D eigenvalue weighted by atomic mass is 10.1. The number of aromatic nitrogens is 1. The monoisotopic (exact) mass is 357 g/mol. The molecule has 1 aromatic carbocycles. The van der Waals surface area contributed by atoms with E-state index < -0.39 is 0 Å². The molecule has 1 heterocycles. The van der Waals surface area contributed by atoms with Crippen molar-refractivity contribution >= 4 is 23.0 Å². The zero-order chi connectivity index (χ0) is 18.2. The van der Waals surface area contributed by atoms with E-state index in [1.807, 2.05) is 18.3 Å². The quantitative estimate of drug-likeness (QED) is 0.746. The Kier molecular flexibility index (Phi) is 7.34. The van der Waals surface area contributed by atoms with Crippen LogP contribution in [0.4, 0.5) is 5.69 Å². The van der Waals surface area contributed by atoms with Crippen LogP contribution < -0.4 is 10.2 Å². The van der Waals surface area contributed by atoms with Crippen molar-refractivity contribution in [3.05, 3.63) is 59.9 Å². The molecule has 0 saturated heterocycles. The van der Waals surface area contributed by atoms with E-state index in [4.69, 9.17) is 12.2 Å². The number of thiocarbonyl (C=S) groups is 1. The number of hydrogen-bond donors (Lipinski definition) is 2. The summed E-state index contributed by atoms with van der Waals surface area (Å²) in [7, 11) is 4.32. The van der Waals surface area contributed by atoms with Gasteiger partial charge >= 0.3 is 0 Å². The number of hydrogen-bond acceptors (Lipinski definition) is 2. The van der Waals surface area contributed by atoms with Gasteiger partial charge in [-0.25, -0.2) is 0 Å². The zero-order valence-corrected chi connectivity index (χ0v) is 16.4. The van der Waals surface area contributed by atoms with Crippen LogP contribution in [0.3, 0.4) is 0 Å². The molecule has 25 heavy (non-hydrogen) atoms. The number of quaternary nitrogens is 1. The number of benzene rings is 1. The number of nitrogens with one attached hydrogen (secondary N) is 2. The van der Waals surface area contributed by atoms with E-state index in [0.29, 0.717) is 0 Å². The second kappa shape index (κ2) is 9.49. The number of nitrogens with zero attached hydrogens (tertiary/aromatic N) is 2. The highest BCUT2D eigenvalue weighted by molar-refractivity contribution is 7.80. The molecule has 2 N–H and O–H groups in total. The first-order chi connectivity index (χ1) is 12.0. The molecule has 1 unspecified atom stereocenters. The molecule has 1 aromatic heterocycles. The summed E-state index contributed by atoms with van der Waals surface area (Å²) in [5.41, 5.74) is 3.54. The molecule has 0 saturated carbocycles. The van der Waals surface area contributed by atoms with Gasteiger partial charge in [0.15, 0.2) is 5.11 Å². The minimum Gasteiger partial charge on any atom is -0.338 e. The summed E-state index contributed by atoms with van der Waals surface area (Å²) in [5.74, 6) is 0. The van der Waals surface area contributed by atoms with E-state index in [2.05, 4.69) is 67.4 Å².